The summed E-state index contributed by atoms with van der Waals surface area (Å²) in [6, 6.07) is 24.2. The van der Waals surface area contributed by atoms with E-state index in [2.05, 4.69) is 29.6 Å². The number of amides is 1. The van der Waals surface area contributed by atoms with Gasteiger partial charge in [0.2, 0.25) is 5.91 Å². The lowest BCUT2D eigenvalue weighted by Crippen LogP contribution is -2.45. The zero-order chi connectivity index (χ0) is 18.9. The van der Waals surface area contributed by atoms with Gasteiger partial charge in [-0.05, 0) is 40.7 Å². The van der Waals surface area contributed by atoms with Crippen LogP contribution in [0.4, 0.5) is 0 Å². The maximum atomic E-state index is 12.2. The fourth-order valence-electron chi connectivity index (χ4n) is 4.19. The molecular weight excluding hydrogens is 334 g/mol. The van der Waals surface area contributed by atoms with Crippen molar-refractivity contribution in [2.24, 2.45) is 0 Å². The number of carbonyl (C=O) groups is 2. The molecule has 0 aliphatic heterocycles. The van der Waals surface area contributed by atoms with Crippen LogP contribution in [-0.4, -0.2) is 12.2 Å². The number of aryl methyl sites for hydroxylation is 1. The van der Waals surface area contributed by atoms with E-state index in [1.165, 1.54) is 11.1 Å². The Balaban J connectivity index is 1.78. The lowest BCUT2D eigenvalue weighted by molar-refractivity contribution is -0.120. The summed E-state index contributed by atoms with van der Waals surface area (Å²) in [6.07, 6.45) is 2.40. The van der Waals surface area contributed by atoms with Crippen LogP contribution in [0.1, 0.15) is 40.4 Å². The van der Waals surface area contributed by atoms with Crippen molar-refractivity contribution >= 4 is 12.2 Å². The zero-order valence-electron chi connectivity index (χ0n) is 15.2. The van der Waals surface area contributed by atoms with Crippen molar-refractivity contribution in [2.75, 3.05) is 0 Å². The Morgan fingerprint density at radius 3 is 1.96 bits per heavy atom. The Kier molecular flexibility index (Phi) is 4.36. The maximum Gasteiger partial charge on any atom is 0.217 e. The Bertz CT molecular complexity index is 959. The van der Waals surface area contributed by atoms with Gasteiger partial charge in [-0.1, -0.05) is 72.8 Å². The molecule has 0 unspecified atom stereocenters. The molecule has 0 saturated carbocycles. The van der Waals surface area contributed by atoms with E-state index in [9.17, 15) is 9.59 Å². The van der Waals surface area contributed by atoms with Gasteiger partial charge < -0.3 is 5.32 Å². The quantitative estimate of drug-likeness (QED) is 0.685. The van der Waals surface area contributed by atoms with Gasteiger partial charge in [-0.25, -0.2) is 0 Å². The van der Waals surface area contributed by atoms with Crippen LogP contribution < -0.4 is 5.32 Å². The highest BCUT2D eigenvalue weighted by molar-refractivity contribution is 5.84. The van der Waals surface area contributed by atoms with Gasteiger partial charge in [0.1, 0.15) is 6.29 Å². The molecule has 0 heterocycles. The number of fused-ring (bicyclic) bond motifs is 3. The average molecular weight is 355 g/mol. The van der Waals surface area contributed by atoms with E-state index in [1.54, 1.807) is 6.92 Å². The van der Waals surface area contributed by atoms with E-state index in [0.29, 0.717) is 5.56 Å². The van der Waals surface area contributed by atoms with Gasteiger partial charge in [-0.2, -0.15) is 0 Å². The topological polar surface area (TPSA) is 46.2 Å². The van der Waals surface area contributed by atoms with E-state index in [-0.39, 0.29) is 5.91 Å². The summed E-state index contributed by atoms with van der Waals surface area (Å²) in [5.74, 6) is -0.0437. The highest BCUT2D eigenvalue weighted by Crippen LogP contribution is 2.49. The minimum absolute atomic E-state index is 0.0437. The van der Waals surface area contributed by atoms with E-state index < -0.39 is 5.54 Å². The summed E-state index contributed by atoms with van der Waals surface area (Å²) in [5.41, 5.74) is 5.93. The number of carbonyl (C=O) groups excluding carboxylic acids is 2. The Morgan fingerprint density at radius 2 is 1.44 bits per heavy atom. The molecule has 1 aliphatic carbocycles. The molecule has 3 heteroatoms. The molecule has 0 bridgehead atoms. The molecule has 27 heavy (non-hydrogen) atoms. The number of benzene rings is 3. The first-order valence-corrected chi connectivity index (χ1v) is 9.16. The average Bonchev–Trinajstić information content (AvgIpc) is 2.97. The normalized spacial score (nSPS) is 13.5. The van der Waals surface area contributed by atoms with Gasteiger partial charge >= 0.3 is 0 Å². The van der Waals surface area contributed by atoms with Crippen LogP contribution in [-0.2, 0) is 16.8 Å². The molecule has 0 spiro atoms. The van der Waals surface area contributed by atoms with Crippen LogP contribution in [0.3, 0.4) is 0 Å². The summed E-state index contributed by atoms with van der Waals surface area (Å²) in [7, 11) is 0. The number of hydrogen-bond acceptors (Lipinski definition) is 2. The Labute approximate surface area is 159 Å². The summed E-state index contributed by atoms with van der Waals surface area (Å²) >= 11 is 0. The SMILES string of the molecule is CC(=O)NC1(CCc2ccc(C=O)cc2)c2ccccc2-c2ccccc21. The molecular formula is C24H21NO2. The monoisotopic (exact) mass is 355 g/mol. The van der Waals surface area contributed by atoms with E-state index in [4.69, 9.17) is 0 Å². The van der Waals surface area contributed by atoms with Crippen LogP contribution in [0.5, 0.6) is 0 Å². The van der Waals surface area contributed by atoms with E-state index in [1.807, 2.05) is 48.5 Å². The highest BCUT2D eigenvalue weighted by Gasteiger charge is 2.43. The smallest absolute Gasteiger partial charge is 0.217 e. The number of hydrogen-bond donors (Lipinski definition) is 1. The molecule has 1 aliphatic rings. The molecule has 134 valence electrons. The molecule has 1 amide bonds. The van der Waals surface area contributed by atoms with Gasteiger partial charge in [0.05, 0.1) is 5.54 Å². The van der Waals surface area contributed by atoms with Crippen molar-refractivity contribution < 1.29 is 9.59 Å². The summed E-state index contributed by atoms with van der Waals surface area (Å²) in [4.78, 5) is 23.1. The standard InChI is InChI=1S/C24H21NO2/c1-17(27)25-24(15-14-18-10-12-19(16-26)13-11-18)22-8-4-2-6-20(22)21-7-3-5-9-23(21)24/h2-13,16H,14-15H2,1H3,(H,25,27). The van der Waals surface area contributed by atoms with Crippen molar-refractivity contribution in [3.8, 4) is 11.1 Å². The van der Waals surface area contributed by atoms with Crippen LogP contribution in [0, 0.1) is 0 Å². The predicted molar refractivity (Wildman–Crippen MR) is 107 cm³/mol. The molecule has 0 radical (unpaired) electrons. The van der Waals surface area contributed by atoms with Crippen molar-refractivity contribution in [3.63, 3.8) is 0 Å². The summed E-state index contributed by atoms with van der Waals surface area (Å²) < 4.78 is 0. The maximum absolute atomic E-state index is 12.2. The Hall–Kier alpha value is -3.20. The minimum atomic E-state index is -0.539. The van der Waals surface area contributed by atoms with Crippen molar-refractivity contribution in [1.82, 2.24) is 5.32 Å². The third kappa shape index (κ3) is 2.95. The molecule has 0 fully saturated rings. The van der Waals surface area contributed by atoms with Crippen molar-refractivity contribution in [1.29, 1.82) is 0 Å². The Morgan fingerprint density at radius 1 is 0.889 bits per heavy atom. The first-order valence-electron chi connectivity index (χ1n) is 9.16. The lowest BCUT2D eigenvalue weighted by Gasteiger charge is -2.33. The second-order valence-corrected chi connectivity index (χ2v) is 7.04. The van der Waals surface area contributed by atoms with Gasteiger partial charge in [-0.3, -0.25) is 9.59 Å². The van der Waals surface area contributed by atoms with Gasteiger partial charge in [0.25, 0.3) is 0 Å². The second-order valence-electron chi connectivity index (χ2n) is 7.04. The lowest BCUT2D eigenvalue weighted by atomic mass is 9.82. The fraction of sp³-hybridized carbons (Fsp3) is 0.167. The molecule has 0 aromatic heterocycles. The largest absolute Gasteiger partial charge is 0.343 e. The number of nitrogens with one attached hydrogen (secondary N) is 1. The van der Waals surface area contributed by atoms with Crippen LogP contribution in [0.2, 0.25) is 0 Å². The molecule has 1 N–H and O–H groups in total. The van der Waals surface area contributed by atoms with E-state index in [0.717, 1.165) is 35.8 Å². The summed E-state index contributed by atoms with van der Waals surface area (Å²) in [5, 5.41) is 3.27. The van der Waals surface area contributed by atoms with Crippen molar-refractivity contribution in [2.45, 2.75) is 25.3 Å². The predicted octanol–water partition coefficient (Wildman–Crippen LogP) is 4.49. The molecule has 4 rings (SSSR count). The van der Waals surface area contributed by atoms with Crippen LogP contribution >= 0.6 is 0 Å². The van der Waals surface area contributed by atoms with Gasteiger partial charge in [0, 0.05) is 12.5 Å². The van der Waals surface area contributed by atoms with Gasteiger partial charge in [0.15, 0.2) is 0 Å². The van der Waals surface area contributed by atoms with Gasteiger partial charge in [-0.15, -0.1) is 0 Å². The van der Waals surface area contributed by atoms with Crippen molar-refractivity contribution in [3.05, 3.63) is 95.1 Å². The number of rotatable bonds is 5. The molecule has 0 saturated heterocycles. The van der Waals surface area contributed by atoms with Crippen LogP contribution in [0.25, 0.3) is 11.1 Å². The first-order chi connectivity index (χ1) is 13.1. The highest BCUT2D eigenvalue weighted by atomic mass is 16.1. The third-order valence-corrected chi connectivity index (χ3v) is 5.36. The molecule has 3 aromatic carbocycles. The van der Waals surface area contributed by atoms with Crippen LogP contribution in [0.15, 0.2) is 72.8 Å². The second kappa shape index (κ2) is 6.84. The van der Waals surface area contributed by atoms with E-state index >= 15 is 0 Å². The molecule has 3 nitrogen and oxygen atoms in total. The minimum Gasteiger partial charge on any atom is -0.343 e. The molecule has 0 atom stereocenters. The first kappa shape index (κ1) is 17.2. The third-order valence-electron chi connectivity index (χ3n) is 5.36. The number of aldehydes is 1. The zero-order valence-corrected chi connectivity index (χ0v) is 15.2. The molecule has 3 aromatic rings. The summed E-state index contributed by atoms with van der Waals surface area (Å²) in [6.45, 7) is 1.57. The fourth-order valence-corrected chi connectivity index (χ4v) is 4.19.